The highest BCUT2D eigenvalue weighted by Crippen LogP contribution is 2.32. The molecule has 0 saturated carbocycles. The molecule has 0 aliphatic carbocycles. The van der Waals surface area contributed by atoms with Gasteiger partial charge in [-0.1, -0.05) is 36.4 Å². The second-order valence-corrected chi connectivity index (χ2v) is 3.44. The second kappa shape index (κ2) is 4.45. The molecule has 0 spiro atoms. The second-order valence-electron chi connectivity index (χ2n) is 3.44. The van der Waals surface area contributed by atoms with Crippen LogP contribution in [0.2, 0.25) is 0 Å². The number of hydrogen-bond acceptors (Lipinski definition) is 3. The molecule has 0 unspecified atom stereocenters. The summed E-state index contributed by atoms with van der Waals surface area (Å²) in [6.07, 6.45) is 0. The van der Waals surface area contributed by atoms with Crippen LogP contribution in [0.1, 0.15) is 5.56 Å². The number of nitrogens with zero attached hydrogens (tertiary/aromatic N) is 2. The predicted octanol–water partition coefficient (Wildman–Crippen LogP) is 3.13. The number of hydrogen-bond donors (Lipinski definition) is 0. The zero-order chi connectivity index (χ0) is 12.3. The summed E-state index contributed by atoms with van der Waals surface area (Å²) in [6.45, 7) is 0. The van der Waals surface area contributed by atoms with E-state index >= 15 is 0 Å². The van der Waals surface area contributed by atoms with Gasteiger partial charge < -0.3 is 0 Å². The largest absolute Gasteiger partial charge is 0.294 e. The van der Waals surface area contributed by atoms with Gasteiger partial charge in [-0.3, -0.25) is 10.1 Å². The molecule has 0 saturated heterocycles. The molecule has 0 N–H and O–H groups in total. The highest BCUT2D eigenvalue weighted by atomic mass is 16.6. The van der Waals surface area contributed by atoms with Gasteiger partial charge in [0.2, 0.25) is 0 Å². The Kier molecular flexibility index (Phi) is 2.84. The van der Waals surface area contributed by atoms with Gasteiger partial charge in [0, 0.05) is 0 Å². The summed E-state index contributed by atoms with van der Waals surface area (Å²) in [7, 11) is 0. The molecule has 2 aromatic rings. The van der Waals surface area contributed by atoms with Crippen LogP contribution in [-0.4, -0.2) is 4.92 Å². The monoisotopic (exact) mass is 224 g/mol. The van der Waals surface area contributed by atoms with E-state index in [0.29, 0.717) is 5.56 Å². The van der Waals surface area contributed by atoms with Gasteiger partial charge in [0.25, 0.3) is 5.69 Å². The standard InChI is InChI=1S/C13H8N2O2/c14-9-11-7-4-8-12(13(11)15(16)17)10-5-2-1-3-6-10/h1-8H. The van der Waals surface area contributed by atoms with Gasteiger partial charge >= 0.3 is 0 Å². The van der Waals surface area contributed by atoms with Gasteiger partial charge in [-0.05, 0) is 17.7 Å². The Labute approximate surface area is 97.9 Å². The van der Waals surface area contributed by atoms with E-state index in [9.17, 15) is 10.1 Å². The Hall–Kier alpha value is -2.67. The molecule has 0 aromatic heterocycles. The van der Waals surface area contributed by atoms with Crippen molar-refractivity contribution in [3.05, 3.63) is 64.2 Å². The number of para-hydroxylation sites is 1. The Bertz CT molecular complexity index is 601. The van der Waals surface area contributed by atoms with Gasteiger partial charge in [0.1, 0.15) is 11.6 Å². The number of benzene rings is 2. The van der Waals surface area contributed by atoms with Gasteiger partial charge in [-0.25, -0.2) is 0 Å². The highest BCUT2D eigenvalue weighted by molar-refractivity contribution is 5.77. The van der Waals surface area contributed by atoms with Crippen LogP contribution in [0.5, 0.6) is 0 Å². The van der Waals surface area contributed by atoms with E-state index in [4.69, 9.17) is 5.26 Å². The van der Waals surface area contributed by atoms with Gasteiger partial charge in [-0.15, -0.1) is 0 Å². The first-order valence-corrected chi connectivity index (χ1v) is 4.97. The summed E-state index contributed by atoms with van der Waals surface area (Å²) in [5.41, 5.74) is 1.14. The minimum absolute atomic E-state index is 0.0800. The zero-order valence-corrected chi connectivity index (χ0v) is 8.83. The molecule has 0 aliphatic rings. The van der Waals surface area contributed by atoms with Crippen LogP contribution >= 0.6 is 0 Å². The van der Waals surface area contributed by atoms with E-state index in [1.54, 1.807) is 36.4 Å². The fourth-order valence-electron chi connectivity index (χ4n) is 1.68. The lowest BCUT2D eigenvalue weighted by molar-refractivity contribution is -0.384. The smallest absolute Gasteiger partial charge is 0.258 e. The first-order valence-electron chi connectivity index (χ1n) is 4.97. The average Bonchev–Trinajstić information content (AvgIpc) is 2.38. The van der Waals surface area contributed by atoms with Gasteiger partial charge in [-0.2, -0.15) is 5.26 Å². The van der Waals surface area contributed by atoms with Crippen LogP contribution < -0.4 is 0 Å². The minimum atomic E-state index is -0.513. The van der Waals surface area contributed by atoms with Crippen LogP contribution in [0.15, 0.2) is 48.5 Å². The summed E-state index contributed by atoms with van der Waals surface area (Å²) in [5.74, 6) is 0. The van der Waals surface area contributed by atoms with Gasteiger partial charge in [0.15, 0.2) is 0 Å². The molecular formula is C13H8N2O2. The van der Waals surface area contributed by atoms with Crippen LogP contribution in [0.3, 0.4) is 0 Å². The molecule has 17 heavy (non-hydrogen) atoms. The molecule has 2 rings (SSSR count). The SMILES string of the molecule is N#Cc1cccc(-c2ccccc2)c1[N+](=O)[O-]. The summed E-state index contributed by atoms with van der Waals surface area (Å²) in [6, 6.07) is 15.6. The molecule has 0 atom stereocenters. The van der Waals surface area contributed by atoms with E-state index in [1.807, 2.05) is 12.1 Å². The molecule has 0 heterocycles. The average molecular weight is 224 g/mol. The first-order chi connectivity index (χ1) is 8.24. The number of rotatable bonds is 2. The Morgan fingerprint density at radius 3 is 2.35 bits per heavy atom. The summed E-state index contributed by atoms with van der Waals surface area (Å²) in [5, 5.41) is 19.9. The van der Waals surface area contributed by atoms with Crippen molar-refractivity contribution in [3.8, 4) is 17.2 Å². The van der Waals surface area contributed by atoms with E-state index in [0.717, 1.165) is 5.56 Å². The quantitative estimate of drug-likeness (QED) is 0.581. The third kappa shape index (κ3) is 1.99. The minimum Gasteiger partial charge on any atom is -0.258 e. The predicted molar refractivity (Wildman–Crippen MR) is 63.2 cm³/mol. The first kappa shape index (κ1) is 10.8. The van der Waals surface area contributed by atoms with Crippen molar-refractivity contribution in [2.45, 2.75) is 0 Å². The summed E-state index contributed by atoms with van der Waals surface area (Å²) in [4.78, 5) is 10.5. The van der Waals surface area contributed by atoms with Gasteiger partial charge in [0.05, 0.1) is 10.5 Å². The highest BCUT2D eigenvalue weighted by Gasteiger charge is 2.19. The van der Waals surface area contributed by atoms with Crippen LogP contribution in [-0.2, 0) is 0 Å². The maximum atomic E-state index is 11.0. The van der Waals surface area contributed by atoms with Crippen molar-refractivity contribution in [2.24, 2.45) is 0 Å². The maximum Gasteiger partial charge on any atom is 0.294 e. The van der Waals surface area contributed by atoms with Crippen molar-refractivity contribution in [1.82, 2.24) is 0 Å². The van der Waals surface area contributed by atoms with Crippen molar-refractivity contribution in [1.29, 1.82) is 5.26 Å². The third-order valence-electron chi connectivity index (χ3n) is 2.42. The zero-order valence-electron chi connectivity index (χ0n) is 8.83. The Balaban J connectivity index is 2.71. The molecule has 0 radical (unpaired) electrons. The van der Waals surface area contributed by atoms with Crippen molar-refractivity contribution in [2.75, 3.05) is 0 Å². The fraction of sp³-hybridized carbons (Fsp3) is 0. The van der Waals surface area contributed by atoms with E-state index < -0.39 is 4.92 Å². The van der Waals surface area contributed by atoms with E-state index in [2.05, 4.69) is 0 Å². The van der Waals surface area contributed by atoms with Crippen LogP contribution in [0.25, 0.3) is 11.1 Å². The van der Waals surface area contributed by atoms with Crippen LogP contribution in [0, 0.1) is 21.4 Å². The molecular weight excluding hydrogens is 216 g/mol. The summed E-state index contributed by atoms with van der Waals surface area (Å²) < 4.78 is 0. The normalized spacial score (nSPS) is 9.59. The lowest BCUT2D eigenvalue weighted by atomic mass is 10.0. The lowest BCUT2D eigenvalue weighted by Gasteiger charge is -2.03. The molecule has 2 aromatic carbocycles. The Morgan fingerprint density at radius 2 is 1.76 bits per heavy atom. The fourth-order valence-corrected chi connectivity index (χ4v) is 1.68. The van der Waals surface area contributed by atoms with E-state index in [-0.39, 0.29) is 11.3 Å². The third-order valence-corrected chi connectivity index (χ3v) is 2.42. The number of nitro benzene ring substituents is 1. The molecule has 0 aliphatic heterocycles. The van der Waals surface area contributed by atoms with Crippen molar-refractivity contribution < 1.29 is 4.92 Å². The molecule has 0 bridgehead atoms. The lowest BCUT2D eigenvalue weighted by Crippen LogP contribution is -1.95. The number of nitriles is 1. The topological polar surface area (TPSA) is 66.9 Å². The molecule has 4 nitrogen and oxygen atoms in total. The van der Waals surface area contributed by atoms with Crippen molar-refractivity contribution in [3.63, 3.8) is 0 Å². The molecule has 82 valence electrons. The van der Waals surface area contributed by atoms with E-state index in [1.165, 1.54) is 6.07 Å². The maximum absolute atomic E-state index is 11.0. The van der Waals surface area contributed by atoms with Crippen LogP contribution in [0.4, 0.5) is 5.69 Å². The molecule has 0 amide bonds. The Morgan fingerprint density at radius 1 is 1.06 bits per heavy atom. The summed E-state index contributed by atoms with van der Waals surface area (Å²) >= 11 is 0. The molecule has 0 fully saturated rings. The molecule has 4 heteroatoms. The van der Waals surface area contributed by atoms with Crippen molar-refractivity contribution >= 4 is 5.69 Å². The number of nitro groups is 1.